The molecule has 2 aromatic rings. The van der Waals surface area contributed by atoms with Crippen LogP contribution in [0.5, 0.6) is 0 Å². The maximum Gasteiger partial charge on any atom is 0.253 e. The molecular weight excluding hydrogens is 425 g/mol. The van der Waals surface area contributed by atoms with Gasteiger partial charge in [-0.25, -0.2) is 9.37 Å². The molecular formula is C21H23BrFN3O2. The Morgan fingerprint density at radius 3 is 2.71 bits per heavy atom. The minimum atomic E-state index is -0.337. The van der Waals surface area contributed by atoms with Gasteiger partial charge in [-0.1, -0.05) is 0 Å². The van der Waals surface area contributed by atoms with Crippen LogP contribution >= 0.6 is 15.9 Å². The second-order valence-corrected chi connectivity index (χ2v) is 8.31. The van der Waals surface area contributed by atoms with Crippen molar-refractivity contribution in [2.45, 2.75) is 31.6 Å². The van der Waals surface area contributed by atoms with Crippen molar-refractivity contribution in [2.24, 2.45) is 5.92 Å². The number of amides is 1. The molecule has 5 nitrogen and oxygen atoms in total. The Balaban J connectivity index is 1.47. The first-order valence-electron chi connectivity index (χ1n) is 9.68. The lowest BCUT2D eigenvalue weighted by molar-refractivity contribution is 0.0642. The van der Waals surface area contributed by atoms with Gasteiger partial charge in [-0.2, -0.15) is 0 Å². The third kappa shape index (κ3) is 4.70. The molecule has 1 aliphatic carbocycles. The van der Waals surface area contributed by atoms with E-state index in [1.54, 1.807) is 18.3 Å². The predicted octanol–water partition coefficient (Wildman–Crippen LogP) is 4.76. The summed E-state index contributed by atoms with van der Waals surface area (Å²) in [6, 6.07) is 6.76. The summed E-state index contributed by atoms with van der Waals surface area (Å²) in [4.78, 5) is 17.1. The lowest BCUT2D eigenvalue weighted by Gasteiger charge is -2.22. The largest absolute Gasteiger partial charge is 0.381 e. The summed E-state index contributed by atoms with van der Waals surface area (Å²) in [6.07, 6.45) is 5.76. The lowest BCUT2D eigenvalue weighted by Crippen LogP contribution is -2.32. The Labute approximate surface area is 172 Å². The molecule has 1 saturated heterocycles. The van der Waals surface area contributed by atoms with Crippen LogP contribution in [0.15, 0.2) is 34.9 Å². The van der Waals surface area contributed by atoms with Crippen molar-refractivity contribution < 1.29 is 13.9 Å². The number of benzene rings is 1. The van der Waals surface area contributed by atoms with Gasteiger partial charge in [-0.3, -0.25) is 4.79 Å². The number of halogens is 2. The van der Waals surface area contributed by atoms with E-state index in [-0.39, 0.29) is 11.7 Å². The van der Waals surface area contributed by atoms with E-state index in [1.165, 1.54) is 6.07 Å². The Bertz CT molecular complexity index is 867. The molecule has 7 heteroatoms. The topological polar surface area (TPSA) is 63.2 Å². The fourth-order valence-corrected chi connectivity index (χ4v) is 3.71. The van der Waals surface area contributed by atoms with Crippen LogP contribution in [0.2, 0.25) is 0 Å². The molecule has 0 atom stereocenters. The normalized spacial score (nSPS) is 17.4. The number of carbonyl (C=O) groups excluding carboxylic acids is 1. The van der Waals surface area contributed by atoms with E-state index in [1.807, 2.05) is 6.07 Å². The van der Waals surface area contributed by atoms with Crippen molar-refractivity contribution in [1.82, 2.24) is 10.3 Å². The molecule has 4 rings (SSSR count). The monoisotopic (exact) mass is 447 g/mol. The molecule has 1 aromatic carbocycles. The van der Waals surface area contributed by atoms with E-state index in [0.717, 1.165) is 44.5 Å². The number of aromatic nitrogens is 1. The molecule has 2 fully saturated rings. The summed E-state index contributed by atoms with van der Waals surface area (Å²) in [5, 5.41) is 6.19. The van der Waals surface area contributed by atoms with Gasteiger partial charge >= 0.3 is 0 Å². The highest BCUT2D eigenvalue weighted by Crippen LogP contribution is 2.42. The van der Waals surface area contributed by atoms with Crippen LogP contribution in [-0.2, 0) is 4.74 Å². The van der Waals surface area contributed by atoms with Gasteiger partial charge in [0.05, 0.1) is 10.0 Å². The van der Waals surface area contributed by atoms with Gasteiger partial charge in [0.1, 0.15) is 11.6 Å². The van der Waals surface area contributed by atoms with Crippen molar-refractivity contribution in [1.29, 1.82) is 0 Å². The fourth-order valence-electron chi connectivity index (χ4n) is 3.47. The van der Waals surface area contributed by atoms with E-state index in [2.05, 4.69) is 31.5 Å². The van der Waals surface area contributed by atoms with E-state index in [4.69, 9.17) is 4.74 Å². The van der Waals surface area contributed by atoms with Gasteiger partial charge in [0.25, 0.3) is 5.91 Å². The molecule has 1 saturated carbocycles. The van der Waals surface area contributed by atoms with E-state index in [0.29, 0.717) is 39.9 Å². The number of nitrogens with zero attached hydrogens (tertiary/aromatic N) is 1. The number of hydrogen-bond donors (Lipinski definition) is 2. The summed E-state index contributed by atoms with van der Waals surface area (Å²) in [7, 11) is 0. The number of carbonyl (C=O) groups is 1. The standard InChI is InChI=1S/C21H23BrFN3O2/c22-18-4-3-15(9-19(18)23)26-20-10-16(14-1-2-14)17(12-24-20)21(27)25-11-13-5-7-28-8-6-13/h3-4,9-10,12-14H,1-2,5-8,11H2,(H,24,26)(H,25,27). The number of anilines is 2. The number of rotatable bonds is 6. The number of nitrogens with one attached hydrogen (secondary N) is 2. The van der Waals surface area contributed by atoms with Crippen LogP contribution in [0.4, 0.5) is 15.9 Å². The van der Waals surface area contributed by atoms with Gasteiger partial charge in [-0.05, 0) is 83.3 Å². The van der Waals surface area contributed by atoms with Crippen molar-refractivity contribution in [3.63, 3.8) is 0 Å². The van der Waals surface area contributed by atoms with Crippen molar-refractivity contribution >= 4 is 33.3 Å². The van der Waals surface area contributed by atoms with E-state index < -0.39 is 0 Å². The zero-order valence-electron chi connectivity index (χ0n) is 15.5. The Morgan fingerprint density at radius 1 is 1.21 bits per heavy atom. The van der Waals surface area contributed by atoms with E-state index >= 15 is 0 Å². The van der Waals surface area contributed by atoms with Crippen molar-refractivity contribution in [3.05, 3.63) is 51.9 Å². The smallest absolute Gasteiger partial charge is 0.253 e. The predicted molar refractivity (Wildman–Crippen MR) is 109 cm³/mol. The Morgan fingerprint density at radius 2 is 2.00 bits per heavy atom. The molecule has 2 N–H and O–H groups in total. The number of pyridine rings is 1. The molecule has 0 unspecified atom stereocenters. The average Bonchev–Trinajstić information content (AvgIpc) is 3.55. The van der Waals surface area contributed by atoms with Crippen LogP contribution in [0.1, 0.15) is 47.5 Å². The molecule has 0 radical (unpaired) electrons. The SMILES string of the molecule is O=C(NCC1CCOCC1)c1cnc(Nc2ccc(Br)c(F)c2)cc1C1CC1. The van der Waals surface area contributed by atoms with Crippen LogP contribution in [0.25, 0.3) is 0 Å². The molecule has 28 heavy (non-hydrogen) atoms. The molecule has 2 aliphatic rings. The maximum atomic E-state index is 13.7. The van der Waals surface area contributed by atoms with Gasteiger partial charge in [0.15, 0.2) is 0 Å². The quantitative estimate of drug-likeness (QED) is 0.669. The number of hydrogen-bond acceptors (Lipinski definition) is 4. The van der Waals surface area contributed by atoms with Gasteiger partial charge < -0.3 is 15.4 Å². The summed E-state index contributed by atoms with van der Waals surface area (Å²) < 4.78 is 19.5. The summed E-state index contributed by atoms with van der Waals surface area (Å²) in [6.45, 7) is 2.21. The molecule has 0 bridgehead atoms. The highest BCUT2D eigenvalue weighted by atomic mass is 79.9. The Kier molecular flexibility index (Phi) is 5.92. The minimum Gasteiger partial charge on any atom is -0.381 e. The highest BCUT2D eigenvalue weighted by Gasteiger charge is 2.29. The van der Waals surface area contributed by atoms with Crippen LogP contribution in [-0.4, -0.2) is 30.6 Å². The van der Waals surface area contributed by atoms with Crippen molar-refractivity contribution in [3.8, 4) is 0 Å². The summed E-state index contributed by atoms with van der Waals surface area (Å²) in [5.41, 5.74) is 2.27. The second kappa shape index (κ2) is 8.57. The van der Waals surface area contributed by atoms with Gasteiger partial charge in [0, 0.05) is 31.6 Å². The second-order valence-electron chi connectivity index (χ2n) is 7.45. The molecule has 1 amide bonds. The third-order valence-electron chi connectivity index (χ3n) is 5.28. The maximum absolute atomic E-state index is 13.7. The summed E-state index contributed by atoms with van der Waals surface area (Å²) >= 11 is 3.15. The van der Waals surface area contributed by atoms with Gasteiger partial charge in [-0.15, -0.1) is 0 Å². The molecule has 2 heterocycles. The number of ether oxygens (including phenoxy) is 1. The zero-order valence-corrected chi connectivity index (χ0v) is 17.1. The first-order valence-corrected chi connectivity index (χ1v) is 10.5. The van der Waals surface area contributed by atoms with Crippen LogP contribution < -0.4 is 10.6 Å². The first-order chi connectivity index (χ1) is 13.6. The van der Waals surface area contributed by atoms with Crippen LogP contribution in [0.3, 0.4) is 0 Å². The fraction of sp³-hybridized carbons (Fsp3) is 0.429. The third-order valence-corrected chi connectivity index (χ3v) is 5.93. The lowest BCUT2D eigenvalue weighted by atomic mass is 10.00. The van der Waals surface area contributed by atoms with E-state index in [9.17, 15) is 9.18 Å². The average molecular weight is 448 g/mol. The Hall–Kier alpha value is -1.99. The highest BCUT2D eigenvalue weighted by molar-refractivity contribution is 9.10. The van der Waals surface area contributed by atoms with Crippen LogP contribution in [0, 0.1) is 11.7 Å². The molecule has 0 spiro atoms. The van der Waals surface area contributed by atoms with Crippen molar-refractivity contribution in [2.75, 3.05) is 25.1 Å². The minimum absolute atomic E-state index is 0.0675. The molecule has 1 aliphatic heterocycles. The molecule has 148 valence electrons. The first kappa shape index (κ1) is 19.3. The summed E-state index contributed by atoms with van der Waals surface area (Å²) in [5.74, 6) is 1.08. The molecule has 1 aromatic heterocycles. The van der Waals surface area contributed by atoms with Gasteiger partial charge in [0.2, 0.25) is 0 Å². The zero-order chi connectivity index (χ0) is 19.5.